The van der Waals surface area contributed by atoms with Gasteiger partial charge in [-0.25, -0.2) is 0 Å². The molecule has 28 heavy (non-hydrogen) atoms. The van der Waals surface area contributed by atoms with Gasteiger partial charge in [-0.1, -0.05) is 42.8 Å². The molecule has 6 heteroatoms. The summed E-state index contributed by atoms with van der Waals surface area (Å²) in [6.07, 6.45) is 1.40. The fourth-order valence-corrected chi connectivity index (χ4v) is 2.79. The van der Waals surface area contributed by atoms with Crippen LogP contribution in [0, 0.1) is 13.8 Å². The second-order valence-electron chi connectivity index (χ2n) is 6.70. The molecule has 0 aromatic heterocycles. The van der Waals surface area contributed by atoms with E-state index in [9.17, 15) is 4.79 Å². The van der Waals surface area contributed by atoms with Gasteiger partial charge in [0.1, 0.15) is 0 Å². The van der Waals surface area contributed by atoms with E-state index in [-0.39, 0.29) is 29.9 Å². The summed E-state index contributed by atoms with van der Waals surface area (Å²) in [5, 5.41) is 9.57. The van der Waals surface area contributed by atoms with Gasteiger partial charge in [0, 0.05) is 32.2 Å². The molecule has 0 saturated heterocycles. The number of aliphatic imine (C=N–C) groups is 1. The van der Waals surface area contributed by atoms with E-state index >= 15 is 0 Å². The molecule has 0 saturated carbocycles. The fourth-order valence-electron chi connectivity index (χ4n) is 2.79. The van der Waals surface area contributed by atoms with E-state index < -0.39 is 0 Å². The van der Waals surface area contributed by atoms with Crippen LogP contribution in [0.15, 0.2) is 47.5 Å². The van der Waals surface area contributed by atoms with Gasteiger partial charge < -0.3 is 16.0 Å². The summed E-state index contributed by atoms with van der Waals surface area (Å²) in [7, 11) is 1.77. The van der Waals surface area contributed by atoms with Crippen LogP contribution in [0.25, 0.3) is 0 Å². The summed E-state index contributed by atoms with van der Waals surface area (Å²) >= 11 is 0. The number of rotatable bonds is 7. The molecule has 2 aromatic rings. The van der Waals surface area contributed by atoms with Gasteiger partial charge in [0.2, 0.25) is 5.91 Å². The SMILES string of the molecule is CCCC(=O)Nc1ccc(CNC(=NC)NCc2ccc(C)cc2C)cc1.I. The van der Waals surface area contributed by atoms with Gasteiger partial charge in [-0.3, -0.25) is 9.79 Å². The van der Waals surface area contributed by atoms with Crippen LogP contribution in [-0.2, 0) is 17.9 Å². The first-order chi connectivity index (χ1) is 13.0. The minimum Gasteiger partial charge on any atom is -0.352 e. The Balaban J connectivity index is 0.00000392. The van der Waals surface area contributed by atoms with Crippen molar-refractivity contribution in [2.45, 2.75) is 46.7 Å². The second kappa shape index (κ2) is 12.4. The van der Waals surface area contributed by atoms with Crippen molar-refractivity contribution < 1.29 is 4.79 Å². The predicted octanol–water partition coefficient (Wildman–Crippen LogP) is 4.53. The van der Waals surface area contributed by atoms with Gasteiger partial charge in [0.15, 0.2) is 5.96 Å². The monoisotopic (exact) mass is 494 g/mol. The smallest absolute Gasteiger partial charge is 0.224 e. The summed E-state index contributed by atoms with van der Waals surface area (Å²) in [6.45, 7) is 7.62. The van der Waals surface area contributed by atoms with Crippen molar-refractivity contribution in [2.75, 3.05) is 12.4 Å². The van der Waals surface area contributed by atoms with E-state index in [1.54, 1.807) is 7.05 Å². The normalized spacial score (nSPS) is 10.8. The third kappa shape index (κ3) is 7.88. The Morgan fingerprint density at radius 2 is 1.68 bits per heavy atom. The number of benzene rings is 2. The molecule has 0 aliphatic heterocycles. The van der Waals surface area contributed by atoms with Crippen LogP contribution in [0.2, 0.25) is 0 Å². The molecule has 3 N–H and O–H groups in total. The lowest BCUT2D eigenvalue weighted by atomic mass is 10.1. The standard InChI is InChI=1S/C22H30N4O.HI/c1-5-6-21(27)26-20-11-8-18(9-12-20)14-24-22(23-4)25-15-19-10-7-16(2)13-17(19)3;/h7-13H,5-6,14-15H2,1-4H3,(H,26,27)(H2,23,24,25);1H. The first-order valence-corrected chi connectivity index (χ1v) is 9.41. The maximum atomic E-state index is 11.6. The van der Waals surface area contributed by atoms with Crippen molar-refractivity contribution in [1.29, 1.82) is 0 Å². The van der Waals surface area contributed by atoms with E-state index in [0.29, 0.717) is 13.0 Å². The summed E-state index contributed by atoms with van der Waals surface area (Å²) in [5.41, 5.74) is 5.76. The lowest BCUT2D eigenvalue weighted by Gasteiger charge is -2.14. The molecule has 5 nitrogen and oxygen atoms in total. The molecular weight excluding hydrogens is 463 g/mol. The lowest BCUT2D eigenvalue weighted by Crippen LogP contribution is -2.36. The maximum Gasteiger partial charge on any atom is 0.224 e. The number of amides is 1. The van der Waals surface area contributed by atoms with Crippen LogP contribution in [0.5, 0.6) is 0 Å². The predicted molar refractivity (Wildman–Crippen MR) is 128 cm³/mol. The first-order valence-electron chi connectivity index (χ1n) is 9.41. The maximum absolute atomic E-state index is 11.6. The van der Waals surface area contributed by atoms with E-state index in [0.717, 1.165) is 30.2 Å². The second-order valence-corrected chi connectivity index (χ2v) is 6.70. The molecule has 0 aliphatic rings. The molecule has 1 amide bonds. The minimum absolute atomic E-state index is 0. The zero-order valence-electron chi connectivity index (χ0n) is 17.1. The van der Waals surface area contributed by atoms with E-state index in [2.05, 4.69) is 53.0 Å². The number of hydrogen-bond donors (Lipinski definition) is 3. The molecule has 0 radical (unpaired) electrons. The molecule has 152 valence electrons. The molecular formula is C22H31IN4O. The molecule has 0 bridgehead atoms. The number of carbonyl (C=O) groups is 1. The Morgan fingerprint density at radius 3 is 2.29 bits per heavy atom. The topological polar surface area (TPSA) is 65.5 Å². The van der Waals surface area contributed by atoms with Crippen molar-refractivity contribution in [3.63, 3.8) is 0 Å². The zero-order chi connectivity index (χ0) is 19.6. The molecule has 2 aromatic carbocycles. The number of nitrogens with one attached hydrogen (secondary N) is 3. The van der Waals surface area contributed by atoms with Crippen LogP contribution >= 0.6 is 24.0 Å². The highest BCUT2D eigenvalue weighted by atomic mass is 127. The van der Waals surface area contributed by atoms with Crippen molar-refractivity contribution >= 4 is 41.5 Å². The molecule has 0 atom stereocenters. The molecule has 0 heterocycles. The minimum atomic E-state index is 0. The largest absolute Gasteiger partial charge is 0.352 e. The average molecular weight is 494 g/mol. The number of carbonyl (C=O) groups excluding carboxylic acids is 1. The average Bonchev–Trinajstić information content (AvgIpc) is 2.64. The quantitative estimate of drug-likeness (QED) is 0.301. The highest BCUT2D eigenvalue weighted by Gasteiger charge is 2.03. The number of hydrogen-bond acceptors (Lipinski definition) is 2. The number of nitrogens with zero attached hydrogens (tertiary/aromatic N) is 1. The van der Waals surface area contributed by atoms with Gasteiger partial charge in [0.05, 0.1) is 0 Å². The first kappa shape index (κ1) is 23.9. The van der Waals surface area contributed by atoms with Gasteiger partial charge in [-0.05, 0) is 49.1 Å². The molecule has 2 rings (SSSR count). The number of anilines is 1. The molecule has 0 fully saturated rings. The number of aryl methyl sites for hydroxylation is 2. The van der Waals surface area contributed by atoms with E-state index in [4.69, 9.17) is 0 Å². The highest BCUT2D eigenvalue weighted by Crippen LogP contribution is 2.11. The third-order valence-corrected chi connectivity index (χ3v) is 4.34. The van der Waals surface area contributed by atoms with Crippen LogP contribution < -0.4 is 16.0 Å². The van der Waals surface area contributed by atoms with Gasteiger partial charge in [-0.2, -0.15) is 0 Å². The third-order valence-electron chi connectivity index (χ3n) is 4.34. The zero-order valence-corrected chi connectivity index (χ0v) is 19.5. The summed E-state index contributed by atoms with van der Waals surface area (Å²) in [6, 6.07) is 14.3. The molecule has 0 aliphatic carbocycles. The summed E-state index contributed by atoms with van der Waals surface area (Å²) in [5.74, 6) is 0.815. The lowest BCUT2D eigenvalue weighted by molar-refractivity contribution is -0.116. The van der Waals surface area contributed by atoms with E-state index in [1.165, 1.54) is 16.7 Å². The molecule has 0 unspecified atom stereocenters. The summed E-state index contributed by atoms with van der Waals surface area (Å²) in [4.78, 5) is 15.9. The van der Waals surface area contributed by atoms with Crippen molar-refractivity contribution in [3.8, 4) is 0 Å². The Kier molecular flexibility index (Phi) is 10.6. The van der Waals surface area contributed by atoms with Crippen LogP contribution in [0.4, 0.5) is 5.69 Å². The number of halogens is 1. The Hall–Kier alpha value is -2.09. The fraction of sp³-hybridized carbons (Fsp3) is 0.364. The van der Waals surface area contributed by atoms with Crippen molar-refractivity contribution in [2.24, 2.45) is 4.99 Å². The van der Waals surface area contributed by atoms with Crippen molar-refractivity contribution in [1.82, 2.24) is 10.6 Å². The Bertz CT molecular complexity index is 788. The van der Waals surface area contributed by atoms with E-state index in [1.807, 2.05) is 31.2 Å². The summed E-state index contributed by atoms with van der Waals surface area (Å²) < 4.78 is 0. The Morgan fingerprint density at radius 1 is 1.00 bits per heavy atom. The van der Waals surface area contributed by atoms with Gasteiger partial charge >= 0.3 is 0 Å². The molecule has 0 spiro atoms. The Labute approximate surface area is 185 Å². The number of guanidine groups is 1. The van der Waals surface area contributed by atoms with Crippen LogP contribution in [-0.4, -0.2) is 18.9 Å². The van der Waals surface area contributed by atoms with Crippen LogP contribution in [0.3, 0.4) is 0 Å². The van der Waals surface area contributed by atoms with Gasteiger partial charge in [0.25, 0.3) is 0 Å². The highest BCUT2D eigenvalue weighted by molar-refractivity contribution is 14.0. The van der Waals surface area contributed by atoms with Crippen molar-refractivity contribution in [3.05, 3.63) is 64.7 Å². The van der Waals surface area contributed by atoms with Gasteiger partial charge in [-0.15, -0.1) is 24.0 Å². The van der Waals surface area contributed by atoms with Crippen LogP contribution in [0.1, 0.15) is 42.0 Å².